The minimum atomic E-state index is -0.795. The van der Waals surface area contributed by atoms with E-state index in [1.54, 1.807) is 0 Å². The van der Waals surface area contributed by atoms with Crippen LogP contribution in [0.3, 0.4) is 0 Å². The van der Waals surface area contributed by atoms with Crippen molar-refractivity contribution >= 4 is 11.9 Å². The van der Waals surface area contributed by atoms with E-state index >= 15 is 0 Å². The van der Waals surface area contributed by atoms with E-state index in [-0.39, 0.29) is 24.9 Å². The lowest BCUT2D eigenvalue weighted by atomic mass is 10.0. The monoisotopic (exact) mass is 926 g/mol. The molecule has 0 radical (unpaired) electrons. The van der Waals surface area contributed by atoms with Crippen molar-refractivity contribution in [2.24, 2.45) is 0 Å². The van der Waals surface area contributed by atoms with Crippen LogP contribution in [0.5, 0.6) is 0 Å². The first kappa shape index (κ1) is 63.8. The van der Waals surface area contributed by atoms with Crippen molar-refractivity contribution in [3.8, 4) is 0 Å². The van der Waals surface area contributed by atoms with E-state index in [1.807, 2.05) is 0 Å². The highest BCUT2D eigenvalue weighted by Gasteiger charge is 2.24. The standard InChI is InChI=1S/C60H111NO5/c1-4-7-10-13-16-19-22-25-27-29-31-34-37-40-43-46-49-52-58(63)57(55-62)61-59(64)54-56(51-48-45-42-39-36-33-24-21-18-15-12-9-6-3)66-60(65)53-50-47-44-41-38-35-32-30-28-26-23-20-17-14-11-8-5-2/h9,12,15,18,21,24,26,28,56-58,62-63H,4-8,10-11,13-14,16-17,19-20,22-23,25,27,29-55H2,1-3H3,(H,61,64)/b12-9+,18-15+,24-21+,28-26+. The average Bonchev–Trinajstić information content (AvgIpc) is 3.31. The summed E-state index contributed by atoms with van der Waals surface area (Å²) in [5, 5.41) is 23.9. The Balaban J connectivity index is 4.51. The highest BCUT2D eigenvalue weighted by Crippen LogP contribution is 2.18. The third-order valence-corrected chi connectivity index (χ3v) is 13.2. The zero-order chi connectivity index (χ0) is 48.1. The lowest BCUT2D eigenvalue weighted by Crippen LogP contribution is -2.46. The topological polar surface area (TPSA) is 95.9 Å². The van der Waals surface area contributed by atoms with Gasteiger partial charge in [-0.2, -0.15) is 0 Å². The molecule has 66 heavy (non-hydrogen) atoms. The quantitative estimate of drug-likeness (QED) is 0.0244. The van der Waals surface area contributed by atoms with Gasteiger partial charge in [0.2, 0.25) is 5.91 Å². The molecular formula is C60H111NO5. The van der Waals surface area contributed by atoms with Crippen molar-refractivity contribution in [2.75, 3.05) is 6.61 Å². The van der Waals surface area contributed by atoms with Crippen LogP contribution in [0.1, 0.15) is 297 Å². The first-order chi connectivity index (χ1) is 32.5. The molecule has 386 valence electrons. The van der Waals surface area contributed by atoms with Crippen molar-refractivity contribution < 1.29 is 24.5 Å². The Morgan fingerprint density at radius 1 is 0.455 bits per heavy atom. The zero-order valence-electron chi connectivity index (χ0n) is 44.1. The first-order valence-electron chi connectivity index (χ1n) is 28.9. The highest BCUT2D eigenvalue weighted by molar-refractivity contribution is 5.77. The van der Waals surface area contributed by atoms with E-state index in [0.29, 0.717) is 19.3 Å². The van der Waals surface area contributed by atoms with Crippen molar-refractivity contribution in [1.29, 1.82) is 0 Å². The average molecular weight is 927 g/mol. The van der Waals surface area contributed by atoms with E-state index in [9.17, 15) is 19.8 Å². The van der Waals surface area contributed by atoms with Gasteiger partial charge in [-0.05, 0) is 70.6 Å². The molecule has 0 aromatic carbocycles. The molecule has 6 heteroatoms. The van der Waals surface area contributed by atoms with Crippen molar-refractivity contribution in [3.63, 3.8) is 0 Å². The van der Waals surface area contributed by atoms with Crippen LogP contribution in [0.25, 0.3) is 0 Å². The molecular weight excluding hydrogens is 815 g/mol. The summed E-state index contributed by atoms with van der Waals surface area (Å²) in [6, 6.07) is -0.710. The maximum atomic E-state index is 13.3. The smallest absolute Gasteiger partial charge is 0.306 e. The summed E-state index contributed by atoms with van der Waals surface area (Å²) in [5.41, 5.74) is 0. The predicted molar refractivity (Wildman–Crippen MR) is 287 cm³/mol. The lowest BCUT2D eigenvalue weighted by molar-refractivity contribution is -0.151. The third kappa shape index (κ3) is 48.3. The van der Waals surface area contributed by atoms with Gasteiger partial charge < -0.3 is 20.3 Å². The van der Waals surface area contributed by atoms with Gasteiger partial charge in [-0.15, -0.1) is 0 Å². The number of esters is 1. The van der Waals surface area contributed by atoms with Crippen molar-refractivity contribution in [2.45, 2.75) is 315 Å². The summed E-state index contributed by atoms with van der Waals surface area (Å²) in [7, 11) is 0. The van der Waals surface area contributed by atoms with E-state index in [2.05, 4.69) is 74.7 Å². The Labute approximate surface area is 410 Å². The Morgan fingerprint density at radius 2 is 0.833 bits per heavy atom. The number of carbonyl (C=O) groups is 2. The molecule has 1 amide bonds. The summed E-state index contributed by atoms with van der Waals surface area (Å²) < 4.78 is 5.95. The Hall–Kier alpha value is -2.18. The van der Waals surface area contributed by atoms with Gasteiger partial charge in [0.15, 0.2) is 0 Å². The summed E-state index contributed by atoms with van der Waals surface area (Å²) in [6.07, 6.45) is 66.1. The van der Waals surface area contributed by atoms with Gasteiger partial charge in [0, 0.05) is 6.42 Å². The van der Waals surface area contributed by atoms with E-state index in [1.165, 1.54) is 167 Å². The highest BCUT2D eigenvalue weighted by atomic mass is 16.5. The number of nitrogens with one attached hydrogen (secondary N) is 1. The van der Waals surface area contributed by atoms with Crippen LogP contribution in [0, 0.1) is 0 Å². The fourth-order valence-corrected chi connectivity index (χ4v) is 8.84. The minimum absolute atomic E-state index is 0.0636. The number of hydrogen-bond donors (Lipinski definition) is 3. The SMILES string of the molecule is CC/C=C/C=C/C=C/CCCCCCCC(CC(=O)NC(CO)C(O)CCCCCCCCCCCCCCCCCCC)OC(=O)CCCCCCCCC/C=C/CCCCCCCC. The molecule has 0 aliphatic heterocycles. The molecule has 3 atom stereocenters. The van der Waals surface area contributed by atoms with Crippen molar-refractivity contribution in [3.05, 3.63) is 48.6 Å². The molecule has 0 rings (SSSR count). The van der Waals surface area contributed by atoms with Gasteiger partial charge in [0.25, 0.3) is 0 Å². The molecule has 0 aliphatic carbocycles. The summed E-state index contributed by atoms with van der Waals surface area (Å²) in [5.74, 6) is -0.489. The number of hydrogen-bond acceptors (Lipinski definition) is 5. The minimum Gasteiger partial charge on any atom is -0.462 e. The molecule has 0 aromatic heterocycles. The van der Waals surface area contributed by atoms with Crippen LogP contribution in [-0.2, 0) is 14.3 Å². The van der Waals surface area contributed by atoms with Crippen LogP contribution in [-0.4, -0.2) is 46.9 Å². The third-order valence-electron chi connectivity index (χ3n) is 13.2. The maximum Gasteiger partial charge on any atom is 0.306 e. The predicted octanol–water partition coefficient (Wildman–Crippen LogP) is 17.8. The second-order valence-corrected chi connectivity index (χ2v) is 19.7. The second-order valence-electron chi connectivity index (χ2n) is 19.7. The number of unbranched alkanes of at least 4 members (excludes halogenated alkanes) is 34. The summed E-state index contributed by atoms with van der Waals surface area (Å²) in [4.78, 5) is 26.3. The molecule has 0 aliphatic rings. The molecule has 3 unspecified atom stereocenters. The van der Waals surface area contributed by atoms with Crippen LogP contribution in [0.4, 0.5) is 0 Å². The summed E-state index contributed by atoms with van der Waals surface area (Å²) in [6.45, 7) is 6.37. The fraction of sp³-hybridized carbons (Fsp3) is 0.833. The fourth-order valence-electron chi connectivity index (χ4n) is 8.84. The Bertz CT molecular complexity index is 1130. The Kier molecular flexibility index (Phi) is 52.0. The number of rotatable bonds is 52. The van der Waals surface area contributed by atoms with Gasteiger partial charge >= 0.3 is 5.97 Å². The molecule has 0 saturated carbocycles. The second kappa shape index (κ2) is 53.8. The van der Waals surface area contributed by atoms with E-state index < -0.39 is 18.2 Å². The van der Waals surface area contributed by atoms with Gasteiger partial charge in [0.05, 0.1) is 25.2 Å². The number of carbonyl (C=O) groups excluding carboxylic acids is 2. The molecule has 0 spiro atoms. The van der Waals surface area contributed by atoms with Gasteiger partial charge in [-0.25, -0.2) is 0 Å². The molecule has 6 nitrogen and oxygen atoms in total. The van der Waals surface area contributed by atoms with Gasteiger partial charge in [-0.3, -0.25) is 9.59 Å². The molecule has 0 aromatic rings. The van der Waals surface area contributed by atoms with Crippen molar-refractivity contribution in [1.82, 2.24) is 5.32 Å². The lowest BCUT2D eigenvalue weighted by Gasteiger charge is -2.24. The maximum absolute atomic E-state index is 13.3. The molecule has 0 saturated heterocycles. The molecule has 0 fully saturated rings. The number of ether oxygens (including phenoxy) is 1. The number of allylic oxidation sites excluding steroid dienone is 8. The number of aliphatic hydroxyl groups excluding tert-OH is 2. The molecule has 0 bridgehead atoms. The van der Waals surface area contributed by atoms with Crippen LogP contribution < -0.4 is 5.32 Å². The summed E-state index contributed by atoms with van der Waals surface area (Å²) >= 11 is 0. The number of aliphatic hydroxyl groups is 2. The number of amides is 1. The van der Waals surface area contributed by atoms with Gasteiger partial charge in [-0.1, -0.05) is 262 Å². The molecule has 3 N–H and O–H groups in total. The largest absolute Gasteiger partial charge is 0.462 e. The van der Waals surface area contributed by atoms with Gasteiger partial charge in [0.1, 0.15) is 6.10 Å². The van der Waals surface area contributed by atoms with Crippen LogP contribution >= 0.6 is 0 Å². The molecule has 0 heterocycles. The van der Waals surface area contributed by atoms with E-state index in [4.69, 9.17) is 4.74 Å². The van der Waals surface area contributed by atoms with E-state index in [0.717, 1.165) is 83.5 Å². The first-order valence-corrected chi connectivity index (χ1v) is 28.9. The normalized spacial score (nSPS) is 13.5. The Morgan fingerprint density at radius 3 is 1.27 bits per heavy atom. The van der Waals surface area contributed by atoms with Crippen LogP contribution in [0.2, 0.25) is 0 Å². The zero-order valence-corrected chi connectivity index (χ0v) is 44.1. The van der Waals surface area contributed by atoms with Crippen LogP contribution in [0.15, 0.2) is 48.6 Å².